The highest BCUT2D eigenvalue weighted by molar-refractivity contribution is 6.04. The molecule has 0 unspecified atom stereocenters. The van der Waals surface area contributed by atoms with Gasteiger partial charge >= 0.3 is 0 Å². The quantitative estimate of drug-likeness (QED) is 0.515. The van der Waals surface area contributed by atoms with Gasteiger partial charge in [0.1, 0.15) is 5.58 Å². The van der Waals surface area contributed by atoms with Gasteiger partial charge in [-0.3, -0.25) is 4.98 Å². The number of furan rings is 1. The molecular formula is C11H6NO. The van der Waals surface area contributed by atoms with Crippen LogP contribution < -0.4 is 0 Å². The van der Waals surface area contributed by atoms with Crippen LogP contribution in [0.25, 0.3) is 21.9 Å². The van der Waals surface area contributed by atoms with Gasteiger partial charge in [0, 0.05) is 10.8 Å². The molecule has 0 atom stereocenters. The van der Waals surface area contributed by atoms with Crippen molar-refractivity contribution in [2.45, 2.75) is 0 Å². The average molecular weight is 168 g/mol. The molecule has 61 valence electrons. The maximum atomic E-state index is 5.57. The zero-order valence-corrected chi connectivity index (χ0v) is 6.82. The predicted octanol–water partition coefficient (Wildman–Crippen LogP) is 2.78. The molecule has 13 heavy (non-hydrogen) atoms. The molecule has 0 amide bonds. The monoisotopic (exact) mass is 168 g/mol. The number of rotatable bonds is 0. The molecule has 1 radical (unpaired) electrons. The molecule has 0 N–H and O–H groups in total. The summed E-state index contributed by atoms with van der Waals surface area (Å²) in [6, 6.07) is 9.80. The van der Waals surface area contributed by atoms with E-state index in [0.29, 0.717) is 0 Å². The van der Waals surface area contributed by atoms with Gasteiger partial charge in [0.05, 0.1) is 12.4 Å². The normalized spacial score (nSPS) is 11.1. The van der Waals surface area contributed by atoms with Crippen LogP contribution in [0.4, 0.5) is 0 Å². The summed E-state index contributed by atoms with van der Waals surface area (Å²) in [5, 5.41) is 2.20. The Hall–Kier alpha value is -1.83. The third-order valence-corrected chi connectivity index (χ3v) is 2.13. The largest absolute Gasteiger partial charge is 0.454 e. The Morgan fingerprint density at radius 1 is 1.08 bits per heavy atom. The maximum absolute atomic E-state index is 5.57. The molecule has 0 aliphatic carbocycles. The third-order valence-electron chi connectivity index (χ3n) is 2.13. The SMILES string of the molecule is [c]1cc2c(cn1)oc1ccccc12. The topological polar surface area (TPSA) is 26.0 Å². The number of pyridine rings is 1. The van der Waals surface area contributed by atoms with Crippen molar-refractivity contribution in [3.8, 4) is 0 Å². The van der Waals surface area contributed by atoms with Crippen LogP contribution in [0.5, 0.6) is 0 Å². The Labute approximate surface area is 74.8 Å². The molecule has 2 heteroatoms. The summed E-state index contributed by atoms with van der Waals surface area (Å²) in [5.74, 6) is 0. The van der Waals surface area contributed by atoms with E-state index >= 15 is 0 Å². The van der Waals surface area contributed by atoms with E-state index in [1.165, 1.54) is 0 Å². The minimum Gasteiger partial charge on any atom is -0.454 e. The summed E-state index contributed by atoms with van der Waals surface area (Å²) in [5.41, 5.74) is 1.72. The van der Waals surface area contributed by atoms with Crippen LogP contribution in [0.3, 0.4) is 0 Å². The molecule has 1 aromatic carbocycles. The van der Waals surface area contributed by atoms with Gasteiger partial charge in [-0.05, 0) is 12.1 Å². The zero-order valence-electron chi connectivity index (χ0n) is 6.82. The molecule has 0 saturated heterocycles. The Morgan fingerprint density at radius 2 is 2.00 bits per heavy atom. The van der Waals surface area contributed by atoms with Crippen molar-refractivity contribution in [3.63, 3.8) is 0 Å². The summed E-state index contributed by atoms with van der Waals surface area (Å²) in [4.78, 5) is 3.89. The lowest BCUT2D eigenvalue weighted by molar-refractivity contribution is 0.667. The Balaban J connectivity index is 2.64. The highest BCUT2D eigenvalue weighted by Gasteiger charge is 2.03. The van der Waals surface area contributed by atoms with Crippen LogP contribution >= 0.6 is 0 Å². The van der Waals surface area contributed by atoms with E-state index < -0.39 is 0 Å². The van der Waals surface area contributed by atoms with E-state index in [4.69, 9.17) is 4.42 Å². The van der Waals surface area contributed by atoms with Gasteiger partial charge in [-0.25, -0.2) is 0 Å². The summed E-state index contributed by atoms with van der Waals surface area (Å²) in [6.45, 7) is 0. The minimum absolute atomic E-state index is 0.819. The third kappa shape index (κ3) is 0.855. The molecule has 0 bridgehead atoms. The summed E-state index contributed by atoms with van der Waals surface area (Å²) in [7, 11) is 0. The Morgan fingerprint density at radius 3 is 3.00 bits per heavy atom. The van der Waals surface area contributed by atoms with Gasteiger partial charge in [-0.15, -0.1) is 0 Å². The first-order valence-corrected chi connectivity index (χ1v) is 4.08. The Bertz CT molecular complexity index is 518. The van der Waals surface area contributed by atoms with E-state index in [2.05, 4.69) is 11.2 Å². The lowest BCUT2D eigenvalue weighted by Crippen LogP contribution is -1.68. The summed E-state index contributed by atoms with van der Waals surface area (Å²) >= 11 is 0. The highest BCUT2D eigenvalue weighted by Crippen LogP contribution is 2.26. The second-order valence-corrected chi connectivity index (χ2v) is 2.91. The molecule has 0 aliphatic heterocycles. The van der Waals surface area contributed by atoms with E-state index in [9.17, 15) is 0 Å². The van der Waals surface area contributed by atoms with Gasteiger partial charge in [0.2, 0.25) is 0 Å². The summed E-state index contributed by atoms with van der Waals surface area (Å²) < 4.78 is 5.57. The van der Waals surface area contributed by atoms with E-state index in [0.717, 1.165) is 21.9 Å². The van der Waals surface area contributed by atoms with Gasteiger partial charge in [0.15, 0.2) is 5.58 Å². The zero-order chi connectivity index (χ0) is 8.67. The highest BCUT2D eigenvalue weighted by atomic mass is 16.3. The number of fused-ring (bicyclic) bond motifs is 3. The fourth-order valence-electron chi connectivity index (χ4n) is 1.53. The number of hydrogen-bond acceptors (Lipinski definition) is 2. The predicted molar refractivity (Wildman–Crippen MR) is 50.4 cm³/mol. The first-order chi connectivity index (χ1) is 6.45. The molecule has 0 saturated carbocycles. The Kier molecular flexibility index (Phi) is 1.19. The van der Waals surface area contributed by atoms with Crippen LogP contribution in [0, 0.1) is 6.20 Å². The van der Waals surface area contributed by atoms with Gasteiger partial charge in [0.25, 0.3) is 0 Å². The molecule has 0 spiro atoms. The van der Waals surface area contributed by atoms with Crippen molar-refractivity contribution in [1.82, 2.24) is 4.98 Å². The standard InChI is InChI=1S/C11H6NO/c1-2-4-10-8(3-1)9-5-6-12-7-11(9)13-10/h1-5,7H. The van der Waals surface area contributed by atoms with Crippen molar-refractivity contribution in [3.05, 3.63) is 42.7 Å². The molecule has 3 aromatic rings. The smallest absolute Gasteiger partial charge is 0.153 e. The molecular weight excluding hydrogens is 162 g/mol. The second-order valence-electron chi connectivity index (χ2n) is 2.91. The second kappa shape index (κ2) is 2.33. The minimum atomic E-state index is 0.819. The van der Waals surface area contributed by atoms with Gasteiger partial charge in [-0.2, -0.15) is 0 Å². The number of benzene rings is 1. The van der Waals surface area contributed by atoms with Crippen LogP contribution in [-0.4, -0.2) is 4.98 Å². The van der Waals surface area contributed by atoms with Crippen LogP contribution in [-0.2, 0) is 0 Å². The van der Waals surface area contributed by atoms with Crippen molar-refractivity contribution in [2.75, 3.05) is 0 Å². The molecule has 0 fully saturated rings. The molecule has 2 nitrogen and oxygen atoms in total. The van der Waals surface area contributed by atoms with Crippen molar-refractivity contribution >= 4 is 21.9 Å². The first-order valence-electron chi connectivity index (χ1n) is 4.08. The molecule has 2 heterocycles. The average Bonchev–Trinajstić information content (AvgIpc) is 2.56. The van der Waals surface area contributed by atoms with Crippen molar-refractivity contribution < 1.29 is 4.42 Å². The van der Waals surface area contributed by atoms with E-state index in [-0.39, 0.29) is 0 Å². The number of aromatic nitrogens is 1. The number of nitrogens with zero attached hydrogens (tertiary/aromatic N) is 1. The van der Waals surface area contributed by atoms with Crippen LogP contribution in [0.1, 0.15) is 0 Å². The van der Waals surface area contributed by atoms with Crippen molar-refractivity contribution in [2.24, 2.45) is 0 Å². The molecule has 3 rings (SSSR count). The first kappa shape index (κ1) is 6.66. The van der Waals surface area contributed by atoms with Gasteiger partial charge < -0.3 is 4.42 Å². The number of hydrogen-bond donors (Lipinski definition) is 0. The fourth-order valence-corrected chi connectivity index (χ4v) is 1.53. The number of para-hydroxylation sites is 1. The fraction of sp³-hybridized carbons (Fsp3) is 0. The van der Waals surface area contributed by atoms with Crippen molar-refractivity contribution in [1.29, 1.82) is 0 Å². The maximum Gasteiger partial charge on any atom is 0.153 e. The summed E-state index contributed by atoms with van der Waals surface area (Å²) in [6.07, 6.45) is 4.49. The molecule has 0 aliphatic rings. The van der Waals surface area contributed by atoms with E-state index in [1.807, 2.05) is 30.3 Å². The lowest BCUT2D eigenvalue weighted by Gasteiger charge is -1.84. The van der Waals surface area contributed by atoms with Crippen LogP contribution in [0.2, 0.25) is 0 Å². The van der Waals surface area contributed by atoms with Crippen LogP contribution in [0.15, 0.2) is 40.9 Å². The molecule has 2 aromatic heterocycles. The van der Waals surface area contributed by atoms with Gasteiger partial charge in [-0.1, -0.05) is 18.2 Å². The lowest BCUT2D eigenvalue weighted by atomic mass is 10.2. The van der Waals surface area contributed by atoms with E-state index in [1.54, 1.807) is 6.20 Å².